The van der Waals surface area contributed by atoms with Crippen LogP contribution < -0.4 is 10.6 Å². The molecule has 1 aliphatic rings. The Kier molecular flexibility index (Phi) is 8.28. The molecule has 33 heavy (non-hydrogen) atoms. The van der Waals surface area contributed by atoms with Crippen molar-refractivity contribution in [2.75, 3.05) is 31.5 Å². The maximum Gasteiger partial charge on any atom is 0.223 e. The van der Waals surface area contributed by atoms with E-state index >= 15 is 0 Å². The summed E-state index contributed by atoms with van der Waals surface area (Å²) < 4.78 is 0. The predicted molar refractivity (Wildman–Crippen MR) is 134 cm³/mol. The van der Waals surface area contributed by atoms with Gasteiger partial charge in [0, 0.05) is 30.9 Å². The molecule has 0 radical (unpaired) electrons. The Balaban J connectivity index is 1.34. The number of hydrogen-bond acceptors (Lipinski definition) is 6. The number of phenols is 1. The lowest BCUT2D eigenvalue weighted by molar-refractivity contribution is 0.264. The maximum absolute atomic E-state index is 9.41. The van der Waals surface area contributed by atoms with Gasteiger partial charge in [-0.15, -0.1) is 0 Å². The SMILES string of the molecule is CCN(CC[C@@H]1CCCN1)Cc1cccc(-c2ccnc(NCCc3ccc(O)cc3)n2)c1. The van der Waals surface area contributed by atoms with Crippen molar-refractivity contribution in [2.24, 2.45) is 0 Å². The monoisotopic (exact) mass is 445 g/mol. The van der Waals surface area contributed by atoms with Gasteiger partial charge in [-0.25, -0.2) is 9.97 Å². The highest BCUT2D eigenvalue weighted by atomic mass is 16.3. The molecule has 174 valence electrons. The van der Waals surface area contributed by atoms with Crippen molar-refractivity contribution in [1.29, 1.82) is 0 Å². The van der Waals surface area contributed by atoms with Gasteiger partial charge in [0.15, 0.2) is 0 Å². The fourth-order valence-electron chi connectivity index (χ4n) is 4.36. The molecule has 0 saturated carbocycles. The number of rotatable bonds is 11. The number of aromatic hydroxyl groups is 1. The van der Waals surface area contributed by atoms with Crippen LogP contribution >= 0.6 is 0 Å². The van der Waals surface area contributed by atoms with Gasteiger partial charge in [0.05, 0.1) is 5.69 Å². The lowest BCUT2D eigenvalue weighted by Crippen LogP contribution is -2.30. The molecule has 0 amide bonds. The van der Waals surface area contributed by atoms with E-state index in [9.17, 15) is 5.11 Å². The third-order valence-electron chi connectivity index (χ3n) is 6.32. The van der Waals surface area contributed by atoms with E-state index in [1.54, 1.807) is 12.1 Å². The second kappa shape index (κ2) is 11.8. The zero-order valence-electron chi connectivity index (χ0n) is 19.5. The van der Waals surface area contributed by atoms with Gasteiger partial charge in [-0.2, -0.15) is 0 Å². The molecule has 4 rings (SSSR count). The third kappa shape index (κ3) is 7.01. The van der Waals surface area contributed by atoms with Crippen LogP contribution in [0.5, 0.6) is 5.75 Å². The fraction of sp³-hybridized carbons (Fsp3) is 0.407. The van der Waals surface area contributed by atoms with Crippen LogP contribution in [0.15, 0.2) is 60.8 Å². The summed E-state index contributed by atoms with van der Waals surface area (Å²) in [6, 6.07) is 18.6. The van der Waals surface area contributed by atoms with Crippen LogP contribution in [0.2, 0.25) is 0 Å². The average Bonchev–Trinajstić information content (AvgIpc) is 3.37. The zero-order chi connectivity index (χ0) is 22.9. The van der Waals surface area contributed by atoms with Crippen LogP contribution in [0.3, 0.4) is 0 Å². The quantitative estimate of drug-likeness (QED) is 0.404. The van der Waals surface area contributed by atoms with Crippen molar-refractivity contribution in [1.82, 2.24) is 20.2 Å². The standard InChI is InChI=1S/C27H35N5O/c1-2-32(18-14-24-7-4-15-28-24)20-22-5-3-6-23(19-22)26-13-17-30-27(31-26)29-16-12-21-8-10-25(33)11-9-21/h3,5-6,8-11,13,17,19,24,28,33H,2,4,7,12,14-16,18,20H2,1H3,(H,29,30,31)/t24-/m0/s1. The van der Waals surface area contributed by atoms with E-state index in [0.29, 0.717) is 12.0 Å². The van der Waals surface area contributed by atoms with Crippen LogP contribution in [-0.4, -0.2) is 52.2 Å². The summed E-state index contributed by atoms with van der Waals surface area (Å²) in [7, 11) is 0. The van der Waals surface area contributed by atoms with Crippen LogP contribution in [0.1, 0.15) is 37.3 Å². The van der Waals surface area contributed by atoms with E-state index in [1.807, 2.05) is 24.4 Å². The molecule has 0 unspecified atom stereocenters. The topological polar surface area (TPSA) is 73.3 Å². The highest BCUT2D eigenvalue weighted by Crippen LogP contribution is 2.20. The molecule has 1 aliphatic heterocycles. The summed E-state index contributed by atoms with van der Waals surface area (Å²) in [5, 5.41) is 16.3. The molecule has 1 fully saturated rings. The van der Waals surface area contributed by atoms with Crippen LogP contribution in [-0.2, 0) is 13.0 Å². The molecule has 0 aliphatic carbocycles. The number of nitrogens with one attached hydrogen (secondary N) is 2. The lowest BCUT2D eigenvalue weighted by Gasteiger charge is -2.22. The van der Waals surface area contributed by atoms with Gasteiger partial charge >= 0.3 is 0 Å². The van der Waals surface area contributed by atoms with Gasteiger partial charge in [0.1, 0.15) is 5.75 Å². The molecule has 0 spiro atoms. The molecule has 6 nitrogen and oxygen atoms in total. The normalized spacial score (nSPS) is 15.8. The Morgan fingerprint density at radius 2 is 2.00 bits per heavy atom. The van der Waals surface area contributed by atoms with E-state index in [0.717, 1.165) is 49.4 Å². The maximum atomic E-state index is 9.41. The number of aromatic nitrogens is 2. The van der Waals surface area contributed by atoms with E-state index in [4.69, 9.17) is 4.98 Å². The van der Waals surface area contributed by atoms with Gasteiger partial charge in [0.2, 0.25) is 5.95 Å². The molecule has 0 bridgehead atoms. The van der Waals surface area contributed by atoms with E-state index in [-0.39, 0.29) is 5.75 Å². The molecule has 2 heterocycles. The first-order valence-corrected chi connectivity index (χ1v) is 12.1. The molecule has 1 saturated heterocycles. The molecule has 3 aromatic rings. The van der Waals surface area contributed by atoms with Crippen molar-refractivity contribution in [3.8, 4) is 17.0 Å². The summed E-state index contributed by atoms with van der Waals surface area (Å²) in [6.07, 6.45) is 6.49. The van der Waals surface area contributed by atoms with Gasteiger partial charge in [-0.3, -0.25) is 4.90 Å². The Labute approximate surface area is 197 Å². The Morgan fingerprint density at radius 3 is 2.79 bits per heavy atom. The van der Waals surface area contributed by atoms with Gasteiger partial charge in [-0.05, 0) is 80.7 Å². The first kappa shape index (κ1) is 23.2. The highest BCUT2D eigenvalue weighted by molar-refractivity contribution is 5.60. The van der Waals surface area contributed by atoms with Crippen molar-refractivity contribution in [3.63, 3.8) is 0 Å². The molecule has 2 aromatic carbocycles. The zero-order valence-corrected chi connectivity index (χ0v) is 19.5. The van der Waals surface area contributed by atoms with Crippen molar-refractivity contribution in [3.05, 3.63) is 71.9 Å². The summed E-state index contributed by atoms with van der Waals surface area (Å²) in [5.41, 5.74) is 4.52. The predicted octanol–water partition coefficient (Wildman–Crippen LogP) is 4.47. The first-order valence-electron chi connectivity index (χ1n) is 12.1. The summed E-state index contributed by atoms with van der Waals surface area (Å²) >= 11 is 0. The molecular weight excluding hydrogens is 410 g/mol. The number of phenolic OH excluding ortho intramolecular Hbond substituents is 1. The van der Waals surface area contributed by atoms with E-state index in [1.165, 1.54) is 31.4 Å². The smallest absolute Gasteiger partial charge is 0.223 e. The van der Waals surface area contributed by atoms with Gasteiger partial charge < -0.3 is 15.7 Å². The number of nitrogens with zero attached hydrogens (tertiary/aromatic N) is 3. The summed E-state index contributed by atoms with van der Waals surface area (Å²) in [6.45, 7) is 7.29. The minimum atomic E-state index is 0.290. The van der Waals surface area contributed by atoms with Crippen LogP contribution in [0.25, 0.3) is 11.3 Å². The Morgan fingerprint density at radius 1 is 1.12 bits per heavy atom. The van der Waals surface area contributed by atoms with Crippen LogP contribution in [0.4, 0.5) is 5.95 Å². The average molecular weight is 446 g/mol. The molecule has 3 N–H and O–H groups in total. The minimum absolute atomic E-state index is 0.290. The molecular formula is C27H35N5O. The summed E-state index contributed by atoms with van der Waals surface area (Å²) in [4.78, 5) is 11.6. The summed E-state index contributed by atoms with van der Waals surface area (Å²) in [5.74, 6) is 0.925. The van der Waals surface area contributed by atoms with Gasteiger partial charge in [0.25, 0.3) is 0 Å². The third-order valence-corrected chi connectivity index (χ3v) is 6.32. The Bertz CT molecular complexity index is 1000. The number of hydrogen-bond donors (Lipinski definition) is 3. The molecule has 6 heteroatoms. The first-order chi connectivity index (χ1) is 16.2. The Hall–Kier alpha value is -2.96. The van der Waals surface area contributed by atoms with Crippen molar-refractivity contribution in [2.45, 2.75) is 45.2 Å². The van der Waals surface area contributed by atoms with E-state index in [2.05, 4.69) is 51.7 Å². The number of benzene rings is 2. The largest absolute Gasteiger partial charge is 0.508 e. The highest BCUT2D eigenvalue weighted by Gasteiger charge is 2.15. The molecule has 1 atom stereocenters. The second-order valence-electron chi connectivity index (χ2n) is 8.76. The lowest BCUT2D eigenvalue weighted by atomic mass is 10.1. The van der Waals surface area contributed by atoms with E-state index < -0.39 is 0 Å². The minimum Gasteiger partial charge on any atom is -0.508 e. The van der Waals surface area contributed by atoms with Crippen LogP contribution in [0, 0.1) is 0 Å². The molecule has 1 aromatic heterocycles. The van der Waals surface area contributed by atoms with Gasteiger partial charge in [-0.1, -0.05) is 37.3 Å². The number of anilines is 1. The second-order valence-corrected chi connectivity index (χ2v) is 8.76. The fourth-order valence-corrected chi connectivity index (χ4v) is 4.36. The van der Waals surface area contributed by atoms with Crippen molar-refractivity contribution >= 4 is 5.95 Å². The van der Waals surface area contributed by atoms with Crippen molar-refractivity contribution < 1.29 is 5.11 Å².